The summed E-state index contributed by atoms with van der Waals surface area (Å²) in [5, 5.41) is 12.7. The zero-order valence-electron chi connectivity index (χ0n) is 10.3. The van der Waals surface area contributed by atoms with Gasteiger partial charge in [-0.25, -0.2) is 0 Å². The summed E-state index contributed by atoms with van der Waals surface area (Å²) < 4.78 is 5.16. The van der Waals surface area contributed by atoms with Gasteiger partial charge >= 0.3 is 0 Å². The number of rotatable bonds is 5. The molecule has 92 valence electrons. The monoisotopic (exact) mass is 252 g/mol. The third-order valence-corrected chi connectivity index (χ3v) is 2.90. The predicted octanol–water partition coefficient (Wildman–Crippen LogP) is 3.29. The summed E-state index contributed by atoms with van der Waals surface area (Å²) in [6.07, 6.45) is 0. The fourth-order valence-corrected chi connectivity index (χ4v) is 1.72. The van der Waals surface area contributed by atoms with Crippen LogP contribution in [-0.4, -0.2) is 19.8 Å². The zero-order valence-corrected chi connectivity index (χ0v) is 11.1. The van der Waals surface area contributed by atoms with Crippen LogP contribution in [0.3, 0.4) is 0 Å². The molecule has 1 aromatic rings. The van der Waals surface area contributed by atoms with E-state index in [2.05, 4.69) is 25.2 Å². The molecule has 0 bridgehead atoms. The first-order valence-electron chi connectivity index (χ1n) is 5.53. The molecule has 1 unspecified atom stereocenters. The van der Waals surface area contributed by atoms with Crippen LogP contribution in [0.15, 0.2) is 18.2 Å². The minimum absolute atomic E-state index is 0.199. The van der Waals surface area contributed by atoms with Gasteiger partial charge in [0.1, 0.15) is 0 Å². The van der Waals surface area contributed by atoms with Crippen LogP contribution < -0.4 is 5.32 Å². The lowest BCUT2D eigenvalue weighted by Gasteiger charge is -2.23. The van der Waals surface area contributed by atoms with E-state index in [0.717, 1.165) is 5.69 Å². The van der Waals surface area contributed by atoms with Crippen molar-refractivity contribution >= 4 is 17.3 Å². The Bertz CT molecular complexity index is 412. The number of nitrogens with one attached hydrogen (secondary N) is 1. The normalized spacial score (nSPS) is 12.2. The maximum Gasteiger partial charge on any atom is 0.0992 e. The summed E-state index contributed by atoms with van der Waals surface area (Å²) in [7, 11) is 1.68. The topological polar surface area (TPSA) is 45.0 Å². The summed E-state index contributed by atoms with van der Waals surface area (Å²) in [5.41, 5.74) is 1.40. The number of ether oxygens (including phenoxy) is 1. The standard InChI is InChI=1S/C13H17ClN2O/c1-9(2)13(8-17-3)16-12-5-4-10(7-15)6-11(12)14/h4-6,9,13,16H,8H2,1-3H3. The lowest BCUT2D eigenvalue weighted by Crippen LogP contribution is -2.30. The molecule has 3 nitrogen and oxygen atoms in total. The predicted molar refractivity (Wildman–Crippen MR) is 70.3 cm³/mol. The van der Waals surface area contributed by atoms with E-state index in [0.29, 0.717) is 23.1 Å². The number of anilines is 1. The van der Waals surface area contributed by atoms with Crippen molar-refractivity contribution in [3.05, 3.63) is 28.8 Å². The van der Waals surface area contributed by atoms with Crippen LogP contribution >= 0.6 is 11.6 Å². The number of nitriles is 1. The molecule has 1 rings (SSSR count). The first-order chi connectivity index (χ1) is 8.08. The van der Waals surface area contributed by atoms with Gasteiger partial charge in [-0.2, -0.15) is 5.26 Å². The third kappa shape index (κ3) is 3.92. The summed E-state index contributed by atoms with van der Waals surface area (Å²) >= 11 is 6.10. The van der Waals surface area contributed by atoms with Crippen molar-refractivity contribution in [2.45, 2.75) is 19.9 Å². The number of nitrogens with zero attached hydrogens (tertiary/aromatic N) is 1. The molecule has 1 atom stereocenters. The SMILES string of the molecule is COCC(Nc1ccc(C#N)cc1Cl)C(C)C. The number of hydrogen-bond acceptors (Lipinski definition) is 3. The Morgan fingerprint density at radius 1 is 1.47 bits per heavy atom. The first-order valence-corrected chi connectivity index (χ1v) is 5.91. The molecule has 0 aliphatic rings. The van der Waals surface area contributed by atoms with Crippen molar-refractivity contribution < 1.29 is 4.74 Å². The van der Waals surface area contributed by atoms with Crippen molar-refractivity contribution in [2.75, 3.05) is 19.0 Å². The van der Waals surface area contributed by atoms with E-state index in [-0.39, 0.29) is 6.04 Å². The molecule has 0 fully saturated rings. The second-order valence-corrected chi connectivity index (χ2v) is 4.66. The van der Waals surface area contributed by atoms with Crippen LogP contribution in [0.25, 0.3) is 0 Å². The number of benzene rings is 1. The summed E-state index contributed by atoms with van der Waals surface area (Å²) in [4.78, 5) is 0. The summed E-state index contributed by atoms with van der Waals surface area (Å²) in [5.74, 6) is 0.432. The average Bonchev–Trinajstić information content (AvgIpc) is 2.30. The quantitative estimate of drug-likeness (QED) is 0.875. The molecule has 17 heavy (non-hydrogen) atoms. The summed E-state index contributed by atoms with van der Waals surface area (Å²) in [6, 6.07) is 7.49. The van der Waals surface area contributed by atoms with Gasteiger partial charge in [0.2, 0.25) is 0 Å². The maximum atomic E-state index is 8.76. The van der Waals surface area contributed by atoms with Gasteiger partial charge in [0.25, 0.3) is 0 Å². The maximum absolute atomic E-state index is 8.76. The molecule has 1 N–H and O–H groups in total. The van der Waals surface area contributed by atoms with Crippen LogP contribution in [0.5, 0.6) is 0 Å². The van der Waals surface area contributed by atoms with Crippen molar-refractivity contribution in [3.63, 3.8) is 0 Å². The highest BCUT2D eigenvalue weighted by atomic mass is 35.5. The molecule has 0 aliphatic carbocycles. The van der Waals surface area contributed by atoms with Crippen LogP contribution in [0.4, 0.5) is 5.69 Å². The molecule has 0 saturated carbocycles. The average molecular weight is 253 g/mol. The van der Waals surface area contributed by atoms with Crippen molar-refractivity contribution in [1.82, 2.24) is 0 Å². The molecule has 4 heteroatoms. The van der Waals surface area contributed by atoms with E-state index >= 15 is 0 Å². The Balaban J connectivity index is 2.83. The van der Waals surface area contributed by atoms with Crippen LogP contribution in [0, 0.1) is 17.2 Å². The summed E-state index contributed by atoms with van der Waals surface area (Å²) in [6.45, 7) is 4.86. The largest absolute Gasteiger partial charge is 0.383 e. The number of methoxy groups -OCH3 is 1. The highest BCUT2D eigenvalue weighted by Gasteiger charge is 2.14. The molecule has 0 radical (unpaired) electrons. The van der Waals surface area contributed by atoms with Crippen LogP contribution in [0.2, 0.25) is 5.02 Å². The van der Waals surface area contributed by atoms with Gasteiger partial charge in [-0.05, 0) is 24.1 Å². The Labute approximate surface area is 107 Å². The molecular weight excluding hydrogens is 236 g/mol. The van der Waals surface area contributed by atoms with Crippen molar-refractivity contribution in [2.24, 2.45) is 5.92 Å². The highest BCUT2D eigenvalue weighted by molar-refractivity contribution is 6.33. The molecule has 0 aliphatic heterocycles. The fraction of sp³-hybridized carbons (Fsp3) is 0.462. The lowest BCUT2D eigenvalue weighted by atomic mass is 10.0. The van der Waals surface area contributed by atoms with Crippen LogP contribution in [-0.2, 0) is 4.74 Å². The molecule has 0 heterocycles. The van der Waals surface area contributed by atoms with Gasteiger partial charge < -0.3 is 10.1 Å². The van der Waals surface area contributed by atoms with Gasteiger partial charge in [0.15, 0.2) is 0 Å². The Hall–Kier alpha value is -1.24. The van der Waals surface area contributed by atoms with Gasteiger partial charge in [-0.15, -0.1) is 0 Å². The van der Waals surface area contributed by atoms with Gasteiger partial charge in [-0.3, -0.25) is 0 Å². The Morgan fingerprint density at radius 3 is 2.65 bits per heavy atom. The van der Waals surface area contributed by atoms with E-state index in [9.17, 15) is 0 Å². The Morgan fingerprint density at radius 2 is 2.18 bits per heavy atom. The minimum atomic E-state index is 0.199. The molecule has 0 aromatic heterocycles. The third-order valence-electron chi connectivity index (χ3n) is 2.59. The minimum Gasteiger partial charge on any atom is -0.383 e. The smallest absolute Gasteiger partial charge is 0.0992 e. The molecule has 1 aromatic carbocycles. The second-order valence-electron chi connectivity index (χ2n) is 4.26. The number of hydrogen-bond donors (Lipinski definition) is 1. The van der Waals surface area contributed by atoms with Gasteiger partial charge in [-0.1, -0.05) is 25.4 Å². The van der Waals surface area contributed by atoms with E-state index < -0.39 is 0 Å². The molecule has 0 saturated heterocycles. The fourth-order valence-electron chi connectivity index (χ4n) is 1.48. The van der Waals surface area contributed by atoms with E-state index in [1.54, 1.807) is 19.2 Å². The van der Waals surface area contributed by atoms with Crippen molar-refractivity contribution in [3.8, 4) is 6.07 Å². The van der Waals surface area contributed by atoms with Gasteiger partial charge in [0.05, 0.1) is 35.0 Å². The van der Waals surface area contributed by atoms with E-state index in [1.807, 2.05) is 6.07 Å². The number of halogens is 1. The molecular formula is C13H17ClN2O. The Kier molecular flexibility index (Phi) is 5.27. The zero-order chi connectivity index (χ0) is 12.8. The van der Waals surface area contributed by atoms with E-state index in [1.165, 1.54) is 0 Å². The van der Waals surface area contributed by atoms with Gasteiger partial charge in [0, 0.05) is 7.11 Å². The van der Waals surface area contributed by atoms with Crippen LogP contribution in [0.1, 0.15) is 19.4 Å². The highest BCUT2D eigenvalue weighted by Crippen LogP contribution is 2.24. The molecule has 0 spiro atoms. The lowest BCUT2D eigenvalue weighted by molar-refractivity contribution is 0.171. The van der Waals surface area contributed by atoms with E-state index in [4.69, 9.17) is 21.6 Å². The molecule has 0 amide bonds. The second kappa shape index (κ2) is 6.48. The van der Waals surface area contributed by atoms with Crippen molar-refractivity contribution in [1.29, 1.82) is 5.26 Å². The first kappa shape index (κ1) is 13.8.